The Morgan fingerprint density at radius 1 is 0.894 bits per heavy atom. The van der Waals surface area contributed by atoms with Gasteiger partial charge in [0.25, 0.3) is 5.91 Å². The zero-order valence-corrected chi connectivity index (χ0v) is 49.7. The molecule has 85 heavy (non-hydrogen) atoms. The van der Waals surface area contributed by atoms with Crippen LogP contribution in [0.1, 0.15) is 80.4 Å². The third-order valence-corrected chi connectivity index (χ3v) is 19.6. The summed E-state index contributed by atoms with van der Waals surface area (Å²) in [4.78, 5) is 69.5. The monoisotopic (exact) mass is 1210 g/mol. The van der Waals surface area contributed by atoms with Gasteiger partial charge in [-0.2, -0.15) is 16.8 Å². The van der Waals surface area contributed by atoms with Crippen molar-refractivity contribution < 1.29 is 62.7 Å². The van der Waals surface area contributed by atoms with Gasteiger partial charge in [-0.1, -0.05) is 74.0 Å². The molecular weight excluding hydrogens is 1140 g/mol. The molecule has 11 N–H and O–H groups in total. The van der Waals surface area contributed by atoms with Crippen LogP contribution in [0.4, 0.5) is 16.6 Å². The molecule has 8 rings (SSSR count). The number of methoxy groups -OCH3 is 1. The van der Waals surface area contributed by atoms with Gasteiger partial charge in [0, 0.05) is 83.9 Å². The number of urea groups is 1. The Labute approximate surface area is 498 Å². The molecule has 0 radical (unpaired) electrons. The highest BCUT2D eigenvalue weighted by molar-refractivity contribution is 8.00. The molecule has 5 aromatic rings. The number of aliphatic hydroxyl groups is 2. The molecule has 4 amide bonds. The SMILES string of the molecule is CCCN(CC[C@H](N)C(=O)O)C[C@H]1O[C@@H](n2c(/N=C(\OC)c3ccc(C(=O)NCCCOCCOCCOCCCNC(=O)CCCC[C@@H]4SC[C@@H]5NC(=O)N[C@@H]54)cc3P(=O)(c3ccccc3)c3ccccc3)nc3c(N)ncnc32)[C@@H](O)C1O. The molecule has 3 saturated heterocycles. The van der Waals surface area contributed by atoms with E-state index in [0.717, 1.165) is 25.0 Å². The van der Waals surface area contributed by atoms with Gasteiger partial charge in [-0.25, -0.2) is 19.7 Å². The molecular formula is C58H79N12O13PS. The highest BCUT2D eigenvalue weighted by atomic mass is 32.2. The van der Waals surface area contributed by atoms with Gasteiger partial charge >= 0.3 is 12.0 Å². The summed E-state index contributed by atoms with van der Waals surface area (Å²) in [6, 6.07) is 21.8. The Bertz CT molecular complexity index is 3050. The number of carboxylic acid groups (broad SMARTS) is 1. The fourth-order valence-corrected chi connectivity index (χ4v) is 15.0. The lowest BCUT2D eigenvalue weighted by molar-refractivity contribution is -0.138. The zero-order valence-electron chi connectivity index (χ0n) is 48.0. The number of rotatable bonds is 34. The molecule has 0 spiro atoms. The summed E-state index contributed by atoms with van der Waals surface area (Å²) in [6.45, 7) is 6.06. The zero-order chi connectivity index (χ0) is 60.3. The van der Waals surface area contributed by atoms with Crippen molar-refractivity contribution in [1.29, 1.82) is 0 Å². The Morgan fingerprint density at radius 3 is 2.22 bits per heavy atom. The number of unbranched alkanes of at least 4 members (excludes halogenated alkanes) is 1. The van der Waals surface area contributed by atoms with Crippen LogP contribution in [0.5, 0.6) is 0 Å². The van der Waals surface area contributed by atoms with Crippen LogP contribution in [0.15, 0.2) is 90.2 Å². The Hall–Kier alpha value is -6.58. The topological polar surface area (TPSA) is 352 Å². The molecule has 3 aliphatic heterocycles. The molecule has 0 saturated carbocycles. The number of fused-ring (bicyclic) bond motifs is 2. The van der Waals surface area contributed by atoms with Gasteiger partial charge in [0.15, 0.2) is 30.4 Å². The van der Waals surface area contributed by atoms with Gasteiger partial charge in [-0.15, -0.1) is 0 Å². The van der Waals surface area contributed by atoms with Crippen molar-refractivity contribution in [3.05, 3.63) is 96.3 Å². The van der Waals surface area contributed by atoms with Crippen molar-refractivity contribution >= 4 is 87.5 Å². The first kappa shape index (κ1) is 64.4. The minimum Gasteiger partial charge on any atom is -0.480 e. The van der Waals surface area contributed by atoms with Crippen LogP contribution < -0.4 is 48.6 Å². The molecule has 1 unspecified atom stereocenters. The average molecular weight is 1220 g/mol. The fourth-order valence-electron chi connectivity index (χ4n) is 10.5. The van der Waals surface area contributed by atoms with E-state index in [1.807, 2.05) is 35.7 Å². The largest absolute Gasteiger partial charge is 0.480 e. The van der Waals surface area contributed by atoms with Crippen LogP contribution in [-0.2, 0) is 37.8 Å². The summed E-state index contributed by atoms with van der Waals surface area (Å²) in [6.07, 6.45) is 1.20. The number of imidazole rings is 1. The van der Waals surface area contributed by atoms with E-state index < -0.39 is 49.6 Å². The van der Waals surface area contributed by atoms with E-state index in [2.05, 4.69) is 31.2 Å². The summed E-state index contributed by atoms with van der Waals surface area (Å²) in [5, 5.41) is 46.1. The molecule has 25 nitrogen and oxygen atoms in total. The second-order valence-corrected chi connectivity index (χ2v) is 24.9. The number of nitrogens with one attached hydrogen (secondary N) is 4. The van der Waals surface area contributed by atoms with Crippen LogP contribution in [0.25, 0.3) is 11.2 Å². The number of carbonyl (C=O) groups excluding carboxylic acids is 3. The van der Waals surface area contributed by atoms with Gasteiger partial charge in [-0.05, 0) is 63.3 Å². The minimum atomic E-state index is -3.88. The van der Waals surface area contributed by atoms with Crippen molar-refractivity contribution in [3.63, 3.8) is 0 Å². The first-order valence-corrected chi connectivity index (χ1v) is 31.6. The molecule has 8 atom stereocenters. The number of nitrogen functional groups attached to an aromatic ring is 1. The Kier molecular flexibility index (Phi) is 24.0. The standard InChI is InChI=1S/C58H79N12O13PS/c1-3-25-69(26-22-41(59)56(75)76)34-43-49(72)50(73)55(83-43)70-52-48(51(60)63-36-64-52)66-57(70)68-54(79-2)40-21-20-37(33-44(40)84(78,38-14-6-4-7-15-38)39-16-8-5-9-17-39)53(74)62-24-13-28-81-30-32-82-31-29-80-27-12-23-61-46(71)19-11-10-18-45-47-42(35-85-45)65-58(77)67-47/h4-9,14-17,20-21,33,36,41-43,45,47,49-50,55,72-73H,3,10-13,18-19,22-32,34-35,59H2,1-2H3,(H,61,71)(H,62,74)(H,75,76)(H2,60,63,64)(H2,65,67,77)/b68-54-/t41-,42-,43+,45-,47-,49?,50-,55+/m0/s1. The first-order valence-electron chi connectivity index (χ1n) is 28.9. The number of nitrogens with zero attached hydrogens (tertiary/aromatic N) is 6. The van der Waals surface area contributed by atoms with Crippen molar-refractivity contribution in [2.45, 2.75) is 106 Å². The lowest BCUT2D eigenvalue weighted by atomic mass is 10.0. The molecule has 3 fully saturated rings. The normalized spacial score (nSPS) is 20.8. The van der Waals surface area contributed by atoms with Crippen molar-refractivity contribution in [2.24, 2.45) is 10.7 Å². The summed E-state index contributed by atoms with van der Waals surface area (Å²) in [5.74, 6) is -0.819. The average Bonchev–Trinajstić information content (AvgIpc) is 1.83. The lowest BCUT2D eigenvalue weighted by Gasteiger charge is -2.26. The van der Waals surface area contributed by atoms with Gasteiger partial charge < -0.3 is 81.2 Å². The lowest BCUT2D eigenvalue weighted by Crippen LogP contribution is -2.42. The van der Waals surface area contributed by atoms with Gasteiger partial charge in [0.2, 0.25) is 17.8 Å². The molecule has 3 aliphatic rings. The van der Waals surface area contributed by atoms with E-state index in [9.17, 15) is 34.5 Å². The number of aliphatic hydroxyl groups excluding tert-OH is 2. The summed E-state index contributed by atoms with van der Waals surface area (Å²) >= 11 is 1.88. The van der Waals surface area contributed by atoms with E-state index in [4.69, 9.17) is 45.1 Å². The van der Waals surface area contributed by atoms with Crippen LogP contribution in [-0.4, -0.2) is 196 Å². The maximum absolute atomic E-state index is 16.2. The molecule has 5 heterocycles. The Balaban J connectivity index is 0.869. The number of hydrogen-bond donors (Lipinski definition) is 9. The van der Waals surface area contributed by atoms with Crippen molar-refractivity contribution in [3.8, 4) is 0 Å². The smallest absolute Gasteiger partial charge is 0.320 e. The number of anilines is 1. The van der Waals surface area contributed by atoms with Crippen LogP contribution in [0.2, 0.25) is 0 Å². The molecule has 3 aromatic carbocycles. The van der Waals surface area contributed by atoms with Gasteiger partial charge in [0.1, 0.15) is 30.7 Å². The van der Waals surface area contributed by atoms with Crippen LogP contribution in [0.3, 0.4) is 0 Å². The first-order chi connectivity index (χ1) is 41.2. The van der Waals surface area contributed by atoms with E-state index in [-0.39, 0.29) is 88.8 Å². The number of ether oxygens (including phenoxy) is 5. The number of aromatic nitrogens is 4. The number of carbonyl (C=O) groups is 4. The van der Waals surface area contributed by atoms with Crippen molar-refractivity contribution in [2.75, 3.05) is 91.0 Å². The maximum Gasteiger partial charge on any atom is 0.320 e. The number of carboxylic acids is 1. The molecule has 0 bridgehead atoms. The number of thioether (sulfide) groups is 1. The van der Waals surface area contributed by atoms with Crippen LogP contribution in [0, 0.1) is 0 Å². The third kappa shape index (κ3) is 16.7. The molecule has 27 heteroatoms. The number of nitrogens with two attached hydrogens (primary N) is 2. The van der Waals surface area contributed by atoms with Crippen LogP contribution >= 0.6 is 18.9 Å². The third-order valence-electron chi connectivity index (χ3n) is 15.0. The van der Waals surface area contributed by atoms with Gasteiger partial charge in [-0.3, -0.25) is 19.0 Å². The molecule has 460 valence electrons. The van der Waals surface area contributed by atoms with Crippen molar-refractivity contribution in [1.82, 2.24) is 45.7 Å². The molecule has 2 aromatic heterocycles. The summed E-state index contributed by atoms with van der Waals surface area (Å²) in [7, 11) is -2.50. The summed E-state index contributed by atoms with van der Waals surface area (Å²) < 4.78 is 47.2. The number of amides is 4. The predicted molar refractivity (Wildman–Crippen MR) is 323 cm³/mol. The Morgan fingerprint density at radius 2 is 1.56 bits per heavy atom. The predicted octanol–water partition coefficient (Wildman–Crippen LogP) is 2.31. The quantitative estimate of drug-likeness (QED) is 0.00938. The number of hydrogen-bond acceptors (Lipinski definition) is 20. The highest BCUT2D eigenvalue weighted by Gasteiger charge is 2.47. The van der Waals surface area contributed by atoms with Gasteiger partial charge in [0.05, 0.1) is 45.6 Å². The minimum absolute atomic E-state index is 0.0105. The van der Waals surface area contributed by atoms with E-state index in [0.29, 0.717) is 101 Å². The van der Waals surface area contributed by atoms with E-state index in [1.54, 1.807) is 66.7 Å². The summed E-state index contributed by atoms with van der Waals surface area (Å²) in [5.41, 5.74) is 12.8. The number of aliphatic imine (C=N–C) groups is 1. The number of benzene rings is 3. The van der Waals surface area contributed by atoms with E-state index in [1.165, 1.54) is 18.0 Å². The van der Waals surface area contributed by atoms with E-state index >= 15 is 4.57 Å². The fraction of sp³-hybridized carbons (Fsp3) is 0.517. The maximum atomic E-state index is 16.2. The number of aliphatic carboxylic acids is 1. The molecule has 0 aliphatic carbocycles. The second kappa shape index (κ2) is 31.7. The highest BCUT2D eigenvalue weighted by Crippen LogP contribution is 2.44. The second-order valence-electron chi connectivity index (χ2n) is 20.9.